The lowest BCUT2D eigenvalue weighted by molar-refractivity contribution is -0.140. The third-order valence-electron chi connectivity index (χ3n) is 5.64. The van der Waals surface area contributed by atoms with Gasteiger partial charge in [0.25, 0.3) is 0 Å². The topological polar surface area (TPSA) is 76.2 Å². The van der Waals surface area contributed by atoms with E-state index in [1.165, 1.54) is 6.92 Å². The van der Waals surface area contributed by atoms with E-state index in [2.05, 4.69) is 34.6 Å². The van der Waals surface area contributed by atoms with Crippen molar-refractivity contribution in [3.8, 4) is 0 Å². The maximum absolute atomic E-state index is 12.5. The summed E-state index contributed by atoms with van der Waals surface area (Å²) in [6, 6.07) is 0. The lowest BCUT2D eigenvalue weighted by Crippen LogP contribution is -2.38. The molecule has 0 saturated carbocycles. The van der Waals surface area contributed by atoms with E-state index in [9.17, 15) is 14.4 Å². The molecule has 0 spiro atoms. The molecule has 1 atom stereocenters. The Morgan fingerprint density at radius 1 is 0.909 bits per heavy atom. The van der Waals surface area contributed by atoms with E-state index in [-0.39, 0.29) is 22.5 Å². The quantitative estimate of drug-likeness (QED) is 0.154. The van der Waals surface area contributed by atoms with E-state index >= 15 is 0 Å². The highest BCUT2D eigenvalue weighted by Crippen LogP contribution is 2.38. The molecule has 194 valence electrons. The Kier molecular flexibility index (Phi) is 17.0. The Balaban J connectivity index is 4.04. The fourth-order valence-electron chi connectivity index (χ4n) is 2.67. The predicted molar refractivity (Wildman–Crippen MR) is 139 cm³/mol. The molecule has 0 aromatic heterocycles. The van der Waals surface area contributed by atoms with Gasteiger partial charge in [-0.15, -0.1) is 0 Å². The minimum absolute atomic E-state index is 0.0380. The zero-order chi connectivity index (χ0) is 25.4. The molecule has 7 nitrogen and oxygen atoms in total. The molecule has 0 aliphatic heterocycles. The fourth-order valence-corrected chi connectivity index (χ4v) is 5.07. The number of carbonyl (C=O) groups is 3. The van der Waals surface area contributed by atoms with Crippen LogP contribution in [0.5, 0.6) is 0 Å². The van der Waals surface area contributed by atoms with Crippen LogP contribution < -0.4 is 0 Å². The van der Waals surface area contributed by atoms with E-state index in [1.807, 2.05) is 0 Å². The molecule has 0 fully saturated rings. The van der Waals surface area contributed by atoms with Gasteiger partial charge in [-0.2, -0.15) is 0 Å². The van der Waals surface area contributed by atoms with Crippen molar-refractivity contribution in [1.29, 1.82) is 0 Å². The SMILES string of the molecule is CC(=O)OCCSSC(C)(C)CCC(=O)N(C)CCN(C)C(=O)CCOCCC(C)C(C)C. The summed E-state index contributed by atoms with van der Waals surface area (Å²) >= 11 is 0. The molecule has 0 aromatic carbocycles. The highest BCUT2D eigenvalue weighted by molar-refractivity contribution is 8.77. The first-order chi connectivity index (χ1) is 15.4. The second-order valence-electron chi connectivity index (χ2n) is 9.51. The second kappa shape index (κ2) is 17.5. The van der Waals surface area contributed by atoms with E-state index < -0.39 is 0 Å². The van der Waals surface area contributed by atoms with E-state index in [4.69, 9.17) is 9.47 Å². The van der Waals surface area contributed by atoms with Crippen LogP contribution in [0.2, 0.25) is 0 Å². The first kappa shape index (κ1) is 32.1. The van der Waals surface area contributed by atoms with Crippen molar-refractivity contribution in [2.45, 2.75) is 72.0 Å². The number of ether oxygens (including phenoxy) is 2. The van der Waals surface area contributed by atoms with Gasteiger partial charge in [0, 0.05) is 57.6 Å². The fraction of sp³-hybridized carbons (Fsp3) is 0.875. The van der Waals surface area contributed by atoms with Crippen molar-refractivity contribution in [2.75, 3.05) is 52.8 Å². The summed E-state index contributed by atoms with van der Waals surface area (Å²) in [5, 5.41) is 0. The minimum Gasteiger partial charge on any atom is -0.465 e. The highest BCUT2D eigenvalue weighted by Gasteiger charge is 2.22. The lowest BCUT2D eigenvalue weighted by atomic mass is 9.95. The summed E-state index contributed by atoms with van der Waals surface area (Å²) in [6.07, 6.45) is 2.59. The van der Waals surface area contributed by atoms with Gasteiger partial charge in [-0.1, -0.05) is 42.4 Å². The average molecular weight is 507 g/mol. The van der Waals surface area contributed by atoms with Crippen molar-refractivity contribution in [1.82, 2.24) is 9.80 Å². The Bertz CT molecular complexity index is 587. The van der Waals surface area contributed by atoms with Crippen molar-refractivity contribution >= 4 is 39.4 Å². The van der Waals surface area contributed by atoms with Crippen LogP contribution in [-0.4, -0.2) is 85.1 Å². The van der Waals surface area contributed by atoms with Gasteiger partial charge in [0.05, 0.1) is 13.0 Å². The zero-order valence-corrected chi connectivity index (χ0v) is 23.6. The maximum Gasteiger partial charge on any atom is 0.302 e. The van der Waals surface area contributed by atoms with Gasteiger partial charge in [-0.05, 0) is 38.5 Å². The molecule has 0 radical (unpaired) electrons. The molecule has 9 heteroatoms. The van der Waals surface area contributed by atoms with Crippen molar-refractivity contribution < 1.29 is 23.9 Å². The summed E-state index contributed by atoms with van der Waals surface area (Å²) in [5.74, 6) is 1.84. The maximum atomic E-state index is 12.5. The second-order valence-corrected chi connectivity index (χ2v) is 12.6. The van der Waals surface area contributed by atoms with Gasteiger partial charge in [0.1, 0.15) is 6.61 Å². The van der Waals surface area contributed by atoms with E-state index in [0.717, 1.165) is 18.6 Å². The van der Waals surface area contributed by atoms with Gasteiger partial charge >= 0.3 is 5.97 Å². The van der Waals surface area contributed by atoms with Gasteiger partial charge in [0.15, 0.2) is 0 Å². The van der Waals surface area contributed by atoms with Crippen LogP contribution in [0.1, 0.15) is 67.2 Å². The van der Waals surface area contributed by atoms with Crippen molar-refractivity contribution in [3.63, 3.8) is 0 Å². The molecule has 0 heterocycles. The number of rotatable bonds is 18. The smallest absolute Gasteiger partial charge is 0.302 e. The number of amides is 2. The lowest BCUT2D eigenvalue weighted by Gasteiger charge is -2.26. The summed E-state index contributed by atoms with van der Waals surface area (Å²) in [5.41, 5.74) is 0. The highest BCUT2D eigenvalue weighted by atomic mass is 33.1. The molecule has 0 bridgehead atoms. The minimum atomic E-state index is -0.263. The van der Waals surface area contributed by atoms with Crippen molar-refractivity contribution in [2.24, 2.45) is 11.8 Å². The molecule has 2 amide bonds. The number of hydrogen-bond acceptors (Lipinski definition) is 7. The number of nitrogens with zero attached hydrogens (tertiary/aromatic N) is 2. The predicted octanol–water partition coefficient (Wildman–Crippen LogP) is 4.50. The van der Waals surface area contributed by atoms with Crippen LogP contribution in [0.15, 0.2) is 0 Å². The summed E-state index contributed by atoms with van der Waals surface area (Å²) in [4.78, 5) is 38.9. The van der Waals surface area contributed by atoms with Gasteiger partial charge in [0.2, 0.25) is 11.8 Å². The Labute approximate surface area is 209 Å². The Morgan fingerprint density at radius 3 is 2.03 bits per heavy atom. The van der Waals surface area contributed by atoms with Crippen LogP contribution >= 0.6 is 21.6 Å². The molecular formula is C24H46N2O5S2. The number of carbonyl (C=O) groups excluding carboxylic acids is 3. The third kappa shape index (κ3) is 17.2. The van der Waals surface area contributed by atoms with Crippen LogP contribution in [0, 0.1) is 11.8 Å². The molecule has 1 unspecified atom stereocenters. The van der Waals surface area contributed by atoms with Gasteiger partial charge in [-0.3, -0.25) is 14.4 Å². The number of esters is 1. The number of likely N-dealkylation sites (N-methyl/N-ethyl adjacent to an activating group) is 2. The summed E-state index contributed by atoms with van der Waals surface area (Å²) in [6.45, 7) is 14.8. The van der Waals surface area contributed by atoms with Crippen LogP contribution in [0.3, 0.4) is 0 Å². The molecule has 0 aliphatic carbocycles. The van der Waals surface area contributed by atoms with E-state index in [0.29, 0.717) is 57.6 Å². The molecule has 33 heavy (non-hydrogen) atoms. The molecule has 0 N–H and O–H groups in total. The first-order valence-corrected chi connectivity index (χ1v) is 14.2. The summed E-state index contributed by atoms with van der Waals surface area (Å²) in [7, 11) is 6.92. The van der Waals surface area contributed by atoms with Crippen LogP contribution in [0.25, 0.3) is 0 Å². The molecule has 0 aromatic rings. The largest absolute Gasteiger partial charge is 0.465 e. The molecule has 0 rings (SSSR count). The third-order valence-corrected chi connectivity index (χ3v) is 8.95. The van der Waals surface area contributed by atoms with Gasteiger partial charge < -0.3 is 19.3 Å². The van der Waals surface area contributed by atoms with Crippen LogP contribution in [-0.2, 0) is 23.9 Å². The molecular weight excluding hydrogens is 460 g/mol. The van der Waals surface area contributed by atoms with Gasteiger partial charge in [-0.25, -0.2) is 0 Å². The summed E-state index contributed by atoms with van der Waals surface area (Å²) < 4.78 is 10.5. The van der Waals surface area contributed by atoms with Crippen LogP contribution in [0.4, 0.5) is 0 Å². The Morgan fingerprint density at radius 2 is 1.48 bits per heavy atom. The normalized spacial score (nSPS) is 12.5. The first-order valence-electron chi connectivity index (χ1n) is 11.9. The average Bonchev–Trinajstić information content (AvgIpc) is 2.74. The standard InChI is InChI=1S/C24H46N2O5S2/c1-19(2)20(3)10-15-30-16-11-23(29)26(8)14-13-25(7)22(28)9-12-24(5,6)33-32-18-17-31-21(4)27/h19-20H,9-18H2,1-8H3. The molecule has 0 saturated heterocycles. The molecule has 0 aliphatic rings. The monoisotopic (exact) mass is 506 g/mol. The van der Waals surface area contributed by atoms with E-state index in [1.54, 1.807) is 45.5 Å². The number of hydrogen-bond donors (Lipinski definition) is 0. The van der Waals surface area contributed by atoms with Crippen molar-refractivity contribution in [3.05, 3.63) is 0 Å². The zero-order valence-electron chi connectivity index (χ0n) is 22.0. The Hall–Kier alpha value is -0.930.